The molecule has 5 nitrogen and oxygen atoms in total. The predicted octanol–water partition coefficient (Wildman–Crippen LogP) is 5.37. The Morgan fingerprint density at radius 1 is 0.867 bits per heavy atom. The molecule has 0 aromatic heterocycles. The van der Waals surface area contributed by atoms with Gasteiger partial charge in [0.25, 0.3) is 0 Å². The maximum absolute atomic E-state index is 13.1. The Labute approximate surface area is 178 Å². The highest BCUT2D eigenvalue weighted by molar-refractivity contribution is 6.34. The number of hydrogen-bond donors (Lipinski definition) is 2. The lowest BCUT2D eigenvalue weighted by Gasteiger charge is -2.21. The molecule has 0 amide bonds. The van der Waals surface area contributed by atoms with Gasteiger partial charge in [0.05, 0.1) is 17.7 Å². The Balaban J connectivity index is 1.75. The van der Waals surface area contributed by atoms with E-state index in [9.17, 15) is 19.8 Å². The van der Waals surface area contributed by atoms with Crippen LogP contribution in [0.25, 0.3) is 11.1 Å². The highest BCUT2D eigenvalue weighted by Gasteiger charge is 2.35. The van der Waals surface area contributed by atoms with E-state index in [2.05, 4.69) is 6.92 Å². The largest absolute Gasteiger partial charge is 0.507 e. The molecular weight excluding hydrogens is 404 g/mol. The molecule has 0 bridgehead atoms. The lowest BCUT2D eigenvalue weighted by atomic mass is 9.81. The molecule has 3 aromatic rings. The summed E-state index contributed by atoms with van der Waals surface area (Å²) in [5.41, 5.74) is 0.936. The maximum atomic E-state index is 13.1. The molecule has 3 aromatic carbocycles. The molecule has 2 N–H and O–H groups in total. The van der Waals surface area contributed by atoms with Crippen molar-refractivity contribution in [1.29, 1.82) is 0 Å². The molecule has 0 atom stereocenters. The highest BCUT2D eigenvalue weighted by atomic mass is 35.5. The van der Waals surface area contributed by atoms with E-state index >= 15 is 0 Å². The van der Waals surface area contributed by atoms with Crippen LogP contribution in [0.5, 0.6) is 17.2 Å². The first-order chi connectivity index (χ1) is 14.4. The average molecular weight is 423 g/mol. The standard InChI is InChI=1S/C24H19ClO5/c1-2-3-10-30-15-6-4-13(5-7-15)16-8-9-17-21(22(16)27)24(29)18-11-14(25)12-19(26)20(18)23(17)28/h4-9,11-12,26-27H,2-3,10H2,1H3. The van der Waals surface area contributed by atoms with Crippen LogP contribution in [0.2, 0.25) is 5.02 Å². The fourth-order valence-electron chi connectivity index (χ4n) is 3.59. The molecule has 0 spiro atoms. The molecule has 4 rings (SSSR count). The van der Waals surface area contributed by atoms with Crippen molar-refractivity contribution < 1.29 is 24.5 Å². The minimum absolute atomic E-state index is 0.0235. The highest BCUT2D eigenvalue weighted by Crippen LogP contribution is 2.42. The Hall–Kier alpha value is -3.31. The minimum Gasteiger partial charge on any atom is -0.507 e. The van der Waals surface area contributed by atoms with Crippen LogP contribution < -0.4 is 4.74 Å². The van der Waals surface area contributed by atoms with Crippen molar-refractivity contribution in [2.45, 2.75) is 19.8 Å². The van der Waals surface area contributed by atoms with Crippen molar-refractivity contribution in [3.8, 4) is 28.4 Å². The summed E-state index contributed by atoms with van der Waals surface area (Å²) in [6.45, 7) is 2.72. The van der Waals surface area contributed by atoms with E-state index in [4.69, 9.17) is 16.3 Å². The third-order valence-corrected chi connectivity index (χ3v) is 5.35. The summed E-state index contributed by atoms with van der Waals surface area (Å²) < 4.78 is 5.65. The lowest BCUT2D eigenvalue weighted by molar-refractivity contribution is 0.0974. The second kappa shape index (κ2) is 7.84. The van der Waals surface area contributed by atoms with Gasteiger partial charge in [-0.2, -0.15) is 0 Å². The van der Waals surface area contributed by atoms with Crippen LogP contribution in [-0.2, 0) is 0 Å². The third-order valence-electron chi connectivity index (χ3n) is 5.14. The summed E-state index contributed by atoms with van der Waals surface area (Å²) in [7, 11) is 0. The Morgan fingerprint density at radius 2 is 1.53 bits per heavy atom. The molecule has 0 radical (unpaired) electrons. The number of phenols is 2. The second-order valence-corrected chi connectivity index (χ2v) is 7.55. The van der Waals surface area contributed by atoms with Gasteiger partial charge in [-0.15, -0.1) is 0 Å². The van der Waals surface area contributed by atoms with Crippen LogP contribution in [-0.4, -0.2) is 28.4 Å². The van der Waals surface area contributed by atoms with Crippen LogP contribution in [0.4, 0.5) is 0 Å². The molecule has 0 saturated carbocycles. The van der Waals surface area contributed by atoms with Gasteiger partial charge < -0.3 is 14.9 Å². The average Bonchev–Trinajstić information content (AvgIpc) is 2.72. The van der Waals surface area contributed by atoms with Gasteiger partial charge in [-0.05, 0) is 48.4 Å². The maximum Gasteiger partial charge on any atom is 0.198 e. The smallest absolute Gasteiger partial charge is 0.198 e. The Bertz CT molecular complexity index is 1170. The molecule has 0 unspecified atom stereocenters. The van der Waals surface area contributed by atoms with Crippen LogP contribution in [0.1, 0.15) is 51.6 Å². The summed E-state index contributed by atoms with van der Waals surface area (Å²) in [5.74, 6) is -1.01. The zero-order valence-corrected chi connectivity index (χ0v) is 17.0. The molecule has 30 heavy (non-hydrogen) atoms. The molecule has 0 aliphatic heterocycles. The number of benzene rings is 3. The normalized spacial score (nSPS) is 12.5. The zero-order valence-electron chi connectivity index (χ0n) is 16.2. The molecule has 1 aliphatic carbocycles. The summed E-state index contributed by atoms with van der Waals surface area (Å²) in [6, 6.07) is 12.8. The molecule has 0 heterocycles. The summed E-state index contributed by atoms with van der Waals surface area (Å²) in [4.78, 5) is 25.9. The van der Waals surface area contributed by atoms with Crippen molar-refractivity contribution in [3.05, 3.63) is 75.8 Å². The number of carbonyl (C=O) groups is 2. The van der Waals surface area contributed by atoms with Crippen molar-refractivity contribution in [1.82, 2.24) is 0 Å². The Kier molecular flexibility index (Phi) is 5.22. The van der Waals surface area contributed by atoms with Gasteiger partial charge >= 0.3 is 0 Å². The number of phenolic OH excluding ortho intramolecular Hbond substituents is 2. The number of rotatable bonds is 5. The number of carbonyl (C=O) groups excluding carboxylic acids is 2. The van der Waals surface area contributed by atoms with Gasteiger partial charge in [-0.25, -0.2) is 0 Å². The van der Waals surface area contributed by atoms with Gasteiger partial charge in [0.2, 0.25) is 0 Å². The van der Waals surface area contributed by atoms with Gasteiger partial charge in [0, 0.05) is 21.7 Å². The molecule has 0 saturated heterocycles. The summed E-state index contributed by atoms with van der Waals surface area (Å²) in [6.07, 6.45) is 2.00. The predicted molar refractivity (Wildman–Crippen MR) is 114 cm³/mol. The number of fused-ring (bicyclic) bond motifs is 2. The lowest BCUT2D eigenvalue weighted by Crippen LogP contribution is -2.21. The van der Waals surface area contributed by atoms with E-state index in [1.54, 1.807) is 30.3 Å². The van der Waals surface area contributed by atoms with E-state index in [1.165, 1.54) is 18.2 Å². The quantitative estimate of drug-likeness (QED) is 0.422. The van der Waals surface area contributed by atoms with Crippen LogP contribution >= 0.6 is 11.6 Å². The first-order valence-electron chi connectivity index (χ1n) is 9.63. The summed E-state index contributed by atoms with van der Waals surface area (Å²) in [5, 5.41) is 21.1. The number of ether oxygens (including phenoxy) is 1. The molecular formula is C24H19ClO5. The molecule has 152 valence electrons. The zero-order chi connectivity index (χ0) is 21.4. The Morgan fingerprint density at radius 3 is 2.23 bits per heavy atom. The number of ketones is 2. The fraction of sp³-hybridized carbons (Fsp3) is 0.167. The van der Waals surface area contributed by atoms with E-state index < -0.39 is 11.6 Å². The number of hydrogen-bond acceptors (Lipinski definition) is 5. The SMILES string of the molecule is CCCCOc1ccc(-c2ccc3c(c2O)C(=O)c2cc(Cl)cc(O)c2C3=O)cc1. The van der Waals surface area contributed by atoms with Crippen LogP contribution in [0.15, 0.2) is 48.5 Å². The van der Waals surface area contributed by atoms with E-state index in [0.717, 1.165) is 18.6 Å². The van der Waals surface area contributed by atoms with Crippen molar-refractivity contribution >= 4 is 23.2 Å². The van der Waals surface area contributed by atoms with E-state index in [1.807, 2.05) is 0 Å². The topological polar surface area (TPSA) is 83.8 Å². The monoisotopic (exact) mass is 422 g/mol. The number of halogens is 1. The van der Waals surface area contributed by atoms with E-state index in [0.29, 0.717) is 17.7 Å². The van der Waals surface area contributed by atoms with Gasteiger partial charge in [0.1, 0.15) is 17.2 Å². The molecule has 0 fully saturated rings. The van der Waals surface area contributed by atoms with Crippen molar-refractivity contribution in [2.75, 3.05) is 6.61 Å². The van der Waals surface area contributed by atoms with Crippen LogP contribution in [0.3, 0.4) is 0 Å². The summed E-state index contributed by atoms with van der Waals surface area (Å²) >= 11 is 5.95. The number of aromatic hydroxyl groups is 2. The second-order valence-electron chi connectivity index (χ2n) is 7.12. The van der Waals surface area contributed by atoms with Gasteiger partial charge in [-0.3, -0.25) is 9.59 Å². The fourth-order valence-corrected chi connectivity index (χ4v) is 3.80. The number of unbranched alkanes of at least 4 members (excludes halogenated alkanes) is 1. The minimum atomic E-state index is -0.559. The van der Waals surface area contributed by atoms with Crippen molar-refractivity contribution in [2.24, 2.45) is 0 Å². The molecule has 6 heteroatoms. The third kappa shape index (κ3) is 3.31. The van der Waals surface area contributed by atoms with Crippen LogP contribution in [0, 0.1) is 0 Å². The van der Waals surface area contributed by atoms with E-state index in [-0.39, 0.29) is 38.8 Å². The van der Waals surface area contributed by atoms with Gasteiger partial charge in [0.15, 0.2) is 11.6 Å². The first-order valence-corrected chi connectivity index (χ1v) is 10.0. The molecule has 1 aliphatic rings. The van der Waals surface area contributed by atoms with Gasteiger partial charge in [-0.1, -0.05) is 37.1 Å². The van der Waals surface area contributed by atoms with Crippen molar-refractivity contribution in [3.63, 3.8) is 0 Å². The first kappa shape index (κ1) is 20.0.